The maximum absolute atomic E-state index is 9.21. The van der Waals surface area contributed by atoms with Crippen molar-refractivity contribution in [3.63, 3.8) is 0 Å². The zero-order valence-electron chi connectivity index (χ0n) is 10.9. The third kappa shape index (κ3) is 2.68. The number of para-hydroxylation sites is 1. The first-order valence-corrected chi connectivity index (χ1v) is 7.02. The maximum atomic E-state index is 9.21. The van der Waals surface area contributed by atoms with Crippen molar-refractivity contribution in [2.75, 3.05) is 32.1 Å². The Morgan fingerprint density at radius 1 is 1.33 bits per heavy atom. The predicted molar refractivity (Wildman–Crippen MR) is 77.8 cm³/mol. The number of nitrogens with zero attached hydrogens (tertiary/aromatic N) is 3. The van der Waals surface area contributed by atoms with Gasteiger partial charge in [0.2, 0.25) is 0 Å². The van der Waals surface area contributed by atoms with Gasteiger partial charge >= 0.3 is 0 Å². The molecule has 1 aromatic carbocycles. The number of piperidine rings is 1. The summed E-state index contributed by atoms with van der Waals surface area (Å²) < 4.78 is 1.02. The number of hydrogen-bond acceptors (Lipinski definition) is 3. The van der Waals surface area contributed by atoms with E-state index in [1.165, 1.54) is 0 Å². The number of benzene rings is 1. The lowest BCUT2D eigenvalue weighted by Crippen LogP contribution is -2.42. The second kappa shape index (κ2) is 5.73. The largest absolute Gasteiger partial charge is 0.369 e. The highest BCUT2D eigenvalue weighted by molar-refractivity contribution is 9.10. The molecular weight excluding hydrogens is 290 g/mol. The fourth-order valence-electron chi connectivity index (χ4n) is 2.53. The number of hydrogen-bond donors (Lipinski definition) is 0. The number of rotatable bonds is 2. The average Bonchev–Trinajstić information content (AvgIpc) is 2.38. The Balaban J connectivity index is 2.18. The van der Waals surface area contributed by atoms with Gasteiger partial charge in [0.1, 0.15) is 6.07 Å². The van der Waals surface area contributed by atoms with Gasteiger partial charge in [-0.1, -0.05) is 6.07 Å². The van der Waals surface area contributed by atoms with Gasteiger partial charge in [-0.05, 0) is 55.0 Å². The zero-order valence-corrected chi connectivity index (χ0v) is 12.4. The van der Waals surface area contributed by atoms with Crippen molar-refractivity contribution in [1.29, 1.82) is 5.26 Å². The van der Waals surface area contributed by atoms with E-state index in [0.717, 1.165) is 41.7 Å². The smallest absolute Gasteiger partial charge is 0.101 e. The first kappa shape index (κ1) is 13.4. The second-order valence-electron chi connectivity index (χ2n) is 4.93. The van der Waals surface area contributed by atoms with Crippen molar-refractivity contribution in [3.05, 3.63) is 28.2 Å². The van der Waals surface area contributed by atoms with Gasteiger partial charge in [-0.2, -0.15) is 5.26 Å². The van der Waals surface area contributed by atoms with Gasteiger partial charge < -0.3 is 9.80 Å². The molecule has 0 saturated carbocycles. The molecule has 1 heterocycles. The van der Waals surface area contributed by atoms with Crippen LogP contribution in [0.15, 0.2) is 22.7 Å². The van der Waals surface area contributed by atoms with Crippen molar-refractivity contribution in [2.24, 2.45) is 0 Å². The molecule has 96 valence electrons. The third-order valence-electron chi connectivity index (χ3n) is 3.62. The van der Waals surface area contributed by atoms with Crippen LogP contribution in [0.1, 0.15) is 18.4 Å². The Bertz CT molecular complexity index is 457. The summed E-state index contributed by atoms with van der Waals surface area (Å²) in [5, 5.41) is 9.21. The van der Waals surface area contributed by atoms with Crippen LogP contribution in [0.25, 0.3) is 0 Å². The summed E-state index contributed by atoms with van der Waals surface area (Å²) in [6.07, 6.45) is 2.30. The van der Waals surface area contributed by atoms with Crippen LogP contribution in [0, 0.1) is 11.3 Å². The van der Waals surface area contributed by atoms with Crippen LogP contribution in [0.5, 0.6) is 0 Å². The number of nitriles is 1. The van der Waals surface area contributed by atoms with Crippen LogP contribution in [-0.4, -0.2) is 38.1 Å². The summed E-state index contributed by atoms with van der Waals surface area (Å²) >= 11 is 3.56. The van der Waals surface area contributed by atoms with Crippen molar-refractivity contribution in [1.82, 2.24) is 4.90 Å². The van der Waals surface area contributed by atoms with Gasteiger partial charge in [-0.3, -0.25) is 0 Å². The van der Waals surface area contributed by atoms with Gasteiger partial charge in [0.25, 0.3) is 0 Å². The Hall–Kier alpha value is -1.05. The van der Waals surface area contributed by atoms with E-state index in [9.17, 15) is 5.26 Å². The molecule has 1 aliphatic heterocycles. The third-order valence-corrected chi connectivity index (χ3v) is 4.26. The molecule has 0 radical (unpaired) electrons. The highest BCUT2D eigenvalue weighted by Crippen LogP contribution is 2.32. The predicted octanol–water partition coefficient (Wildman–Crippen LogP) is 2.85. The van der Waals surface area contributed by atoms with E-state index in [0.29, 0.717) is 6.04 Å². The van der Waals surface area contributed by atoms with Gasteiger partial charge in [-0.25, -0.2) is 0 Å². The van der Waals surface area contributed by atoms with Crippen LogP contribution < -0.4 is 4.90 Å². The topological polar surface area (TPSA) is 30.3 Å². The highest BCUT2D eigenvalue weighted by Gasteiger charge is 2.23. The fourth-order valence-corrected chi connectivity index (χ4v) is 3.15. The van der Waals surface area contributed by atoms with Gasteiger partial charge in [-0.15, -0.1) is 0 Å². The summed E-state index contributed by atoms with van der Waals surface area (Å²) in [5.41, 5.74) is 1.81. The van der Waals surface area contributed by atoms with Gasteiger partial charge in [0, 0.05) is 23.6 Å². The van der Waals surface area contributed by atoms with Crippen LogP contribution >= 0.6 is 15.9 Å². The van der Waals surface area contributed by atoms with Crippen LogP contribution in [-0.2, 0) is 0 Å². The van der Waals surface area contributed by atoms with Crippen molar-refractivity contribution >= 4 is 21.6 Å². The van der Waals surface area contributed by atoms with Gasteiger partial charge in [0.05, 0.1) is 11.3 Å². The molecule has 0 atom stereocenters. The minimum atomic E-state index is 0.661. The van der Waals surface area contributed by atoms with E-state index in [-0.39, 0.29) is 0 Å². The summed E-state index contributed by atoms with van der Waals surface area (Å²) in [4.78, 5) is 4.62. The minimum absolute atomic E-state index is 0.661. The summed E-state index contributed by atoms with van der Waals surface area (Å²) in [5.74, 6) is 0. The molecule has 0 aromatic heterocycles. The molecule has 1 aromatic rings. The lowest BCUT2D eigenvalue weighted by molar-refractivity contribution is 0.249. The SMILES string of the molecule is CN(C)C1CCN(c2c(Br)cccc2C#N)CC1. The quantitative estimate of drug-likeness (QED) is 0.841. The Morgan fingerprint density at radius 2 is 2.00 bits per heavy atom. The normalized spacial score (nSPS) is 16.9. The minimum Gasteiger partial charge on any atom is -0.369 e. The first-order valence-electron chi connectivity index (χ1n) is 6.23. The zero-order chi connectivity index (χ0) is 13.1. The first-order chi connectivity index (χ1) is 8.63. The molecule has 0 bridgehead atoms. The fraction of sp³-hybridized carbons (Fsp3) is 0.500. The summed E-state index contributed by atoms with van der Waals surface area (Å²) in [7, 11) is 4.28. The van der Waals surface area contributed by atoms with E-state index in [4.69, 9.17) is 0 Å². The molecule has 4 heteroatoms. The van der Waals surface area contributed by atoms with Crippen LogP contribution in [0.3, 0.4) is 0 Å². The molecule has 2 rings (SSSR count). The Labute approximate surface area is 117 Å². The van der Waals surface area contributed by atoms with E-state index >= 15 is 0 Å². The molecule has 0 N–H and O–H groups in total. The monoisotopic (exact) mass is 307 g/mol. The van der Waals surface area contributed by atoms with Crippen LogP contribution in [0.2, 0.25) is 0 Å². The van der Waals surface area contributed by atoms with Crippen molar-refractivity contribution < 1.29 is 0 Å². The van der Waals surface area contributed by atoms with Crippen molar-refractivity contribution in [2.45, 2.75) is 18.9 Å². The molecule has 1 aliphatic rings. The molecule has 1 fully saturated rings. The number of anilines is 1. The van der Waals surface area contributed by atoms with Crippen LogP contribution in [0.4, 0.5) is 5.69 Å². The molecule has 18 heavy (non-hydrogen) atoms. The number of halogens is 1. The highest BCUT2D eigenvalue weighted by atomic mass is 79.9. The molecule has 0 aliphatic carbocycles. The van der Waals surface area contributed by atoms with Crippen molar-refractivity contribution in [3.8, 4) is 6.07 Å². The lowest BCUT2D eigenvalue weighted by Gasteiger charge is -2.37. The maximum Gasteiger partial charge on any atom is 0.101 e. The molecular formula is C14H18BrN3. The van der Waals surface area contributed by atoms with E-state index in [1.54, 1.807) is 0 Å². The second-order valence-corrected chi connectivity index (χ2v) is 5.78. The standard InChI is InChI=1S/C14H18BrN3/c1-17(2)12-6-8-18(9-7-12)14-11(10-16)4-3-5-13(14)15/h3-5,12H,6-9H2,1-2H3. The Morgan fingerprint density at radius 3 is 2.56 bits per heavy atom. The van der Waals surface area contributed by atoms with Gasteiger partial charge in [0.15, 0.2) is 0 Å². The summed E-state index contributed by atoms with van der Waals surface area (Å²) in [6.45, 7) is 2.03. The van der Waals surface area contributed by atoms with E-state index in [2.05, 4.69) is 45.9 Å². The van der Waals surface area contributed by atoms with E-state index in [1.807, 2.05) is 18.2 Å². The lowest BCUT2D eigenvalue weighted by atomic mass is 10.0. The molecule has 1 saturated heterocycles. The van der Waals surface area contributed by atoms with E-state index < -0.39 is 0 Å². The molecule has 0 spiro atoms. The molecule has 0 amide bonds. The summed E-state index contributed by atoms with van der Waals surface area (Å²) in [6, 6.07) is 8.76. The average molecular weight is 308 g/mol. The molecule has 3 nitrogen and oxygen atoms in total. The Kier molecular flexibility index (Phi) is 4.26. The molecule has 0 unspecified atom stereocenters.